The van der Waals surface area contributed by atoms with Crippen LogP contribution in [0.4, 0.5) is 0 Å². The summed E-state index contributed by atoms with van der Waals surface area (Å²) in [7, 11) is 0. The highest BCUT2D eigenvalue weighted by atomic mass is 35.5. The van der Waals surface area contributed by atoms with Crippen molar-refractivity contribution in [2.45, 2.75) is 0 Å². The lowest BCUT2D eigenvalue weighted by molar-refractivity contribution is 0.482. The lowest BCUT2D eigenvalue weighted by Gasteiger charge is -1.94. The fourth-order valence-corrected chi connectivity index (χ4v) is 2.23. The van der Waals surface area contributed by atoms with Gasteiger partial charge in [0.05, 0.1) is 9.72 Å². The van der Waals surface area contributed by atoms with Gasteiger partial charge in [-0.3, -0.25) is 0 Å². The molecule has 0 bridgehead atoms. The molecule has 0 aliphatic heterocycles. The molecule has 0 unspecified atom stereocenters. The number of hydrogen-bond acceptors (Lipinski definition) is 3. The fraction of sp³-hybridized carbons (Fsp3) is 0. The maximum atomic E-state index is 9.39. The molecule has 1 N–H and O–H groups in total. The van der Waals surface area contributed by atoms with Crippen molar-refractivity contribution in [3.05, 3.63) is 21.6 Å². The van der Waals surface area contributed by atoms with Gasteiger partial charge in [-0.25, -0.2) is 4.98 Å². The Morgan fingerprint density at radius 3 is 2.92 bits per heavy atom. The molecule has 2 aromatic heterocycles. The SMILES string of the molecule is Oc1cc(Cl)nc2c(Cl)csc12. The van der Waals surface area contributed by atoms with E-state index in [0.29, 0.717) is 15.2 Å². The van der Waals surface area contributed by atoms with Crippen LogP contribution in [0.1, 0.15) is 0 Å². The summed E-state index contributed by atoms with van der Waals surface area (Å²) in [5.74, 6) is 0.127. The number of pyridine rings is 1. The monoisotopic (exact) mass is 219 g/mol. The summed E-state index contributed by atoms with van der Waals surface area (Å²) in [5.41, 5.74) is 0.562. The molecule has 0 aliphatic rings. The lowest BCUT2D eigenvalue weighted by atomic mass is 10.4. The van der Waals surface area contributed by atoms with E-state index >= 15 is 0 Å². The summed E-state index contributed by atoms with van der Waals surface area (Å²) in [4.78, 5) is 3.98. The van der Waals surface area contributed by atoms with Crippen LogP contribution in [0.15, 0.2) is 11.4 Å². The Morgan fingerprint density at radius 1 is 1.42 bits per heavy atom. The van der Waals surface area contributed by atoms with Crippen molar-refractivity contribution in [2.24, 2.45) is 0 Å². The van der Waals surface area contributed by atoms with Crippen molar-refractivity contribution in [3.63, 3.8) is 0 Å². The van der Waals surface area contributed by atoms with Gasteiger partial charge in [-0.1, -0.05) is 23.2 Å². The van der Waals surface area contributed by atoms with Crippen molar-refractivity contribution in [2.75, 3.05) is 0 Å². The molecule has 0 saturated carbocycles. The molecular formula is C7H3Cl2NOS. The van der Waals surface area contributed by atoms with E-state index in [0.717, 1.165) is 0 Å². The van der Waals surface area contributed by atoms with Gasteiger partial charge >= 0.3 is 0 Å². The van der Waals surface area contributed by atoms with Gasteiger partial charge in [0.25, 0.3) is 0 Å². The largest absolute Gasteiger partial charge is 0.506 e. The van der Waals surface area contributed by atoms with Crippen LogP contribution < -0.4 is 0 Å². The Morgan fingerprint density at radius 2 is 2.17 bits per heavy atom. The molecule has 12 heavy (non-hydrogen) atoms. The van der Waals surface area contributed by atoms with Crippen molar-refractivity contribution in [1.29, 1.82) is 0 Å². The molecule has 0 saturated heterocycles. The van der Waals surface area contributed by atoms with Gasteiger partial charge in [-0.05, 0) is 0 Å². The van der Waals surface area contributed by atoms with Crippen LogP contribution in [-0.2, 0) is 0 Å². The molecule has 5 heteroatoms. The minimum atomic E-state index is 0.127. The van der Waals surface area contributed by atoms with Crippen LogP contribution in [0.25, 0.3) is 10.2 Å². The third kappa shape index (κ3) is 1.14. The van der Waals surface area contributed by atoms with Crippen LogP contribution in [-0.4, -0.2) is 10.1 Å². The first-order chi connectivity index (χ1) is 5.68. The summed E-state index contributed by atoms with van der Waals surface area (Å²) in [6, 6.07) is 1.40. The Kier molecular flexibility index (Phi) is 1.87. The average Bonchev–Trinajstić information content (AvgIpc) is 2.33. The molecular weight excluding hydrogens is 217 g/mol. The Bertz CT molecular complexity index is 440. The predicted molar refractivity (Wildman–Crippen MR) is 51.3 cm³/mol. The summed E-state index contributed by atoms with van der Waals surface area (Å²) >= 11 is 12.8. The third-order valence-corrected chi connectivity index (χ3v) is 3.03. The molecule has 0 atom stereocenters. The molecule has 0 radical (unpaired) electrons. The molecule has 0 amide bonds. The molecule has 2 nitrogen and oxygen atoms in total. The molecule has 2 rings (SSSR count). The Hall–Kier alpha value is -0.510. The molecule has 0 aromatic carbocycles. The van der Waals surface area contributed by atoms with Gasteiger partial charge in [0.2, 0.25) is 0 Å². The van der Waals surface area contributed by atoms with Gasteiger partial charge < -0.3 is 5.11 Å². The summed E-state index contributed by atoms with van der Waals surface area (Å²) in [5, 5.41) is 11.9. The van der Waals surface area contributed by atoms with E-state index in [1.165, 1.54) is 17.4 Å². The fourth-order valence-electron chi connectivity index (χ4n) is 0.934. The second kappa shape index (κ2) is 2.76. The average molecular weight is 220 g/mol. The molecule has 0 spiro atoms. The smallest absolute Gasteiger partial charge is 0.138 e. The molecule has 0 fully saturated rings. The van der Waals surface area contributed by atoms with Crippen LogP contribution >= 0.6 is 34.5 Å². The van der Waals surface area contributed by atoms with Crippen molar-refractivity contribution in [3.8, 4) is 5.75 Å². The molecule has 2 heterocycles. The summed E-state index contributed by atoms with van der Waals surface area (Å²) in [6.45, 7) is 0. The van der Waals surface area contributed by atoms with Crippen LogP contribution in [0.5, 0.6) is 5.75 Å². The van der Waals surface area contributed by atoms with Crippen molar-refractivity contribution in [1.82, 2.24) is 4.98 Å². The highest BCUT2D eigenvalue weighted by molar-refractivity contribution is 7.18. The van der Waals surface area contributed by atoms with Crippen LogP contribution in [0.2, 0.25) is 10.2 Å². The molecule has 2 aromatic rings. The van der Waals surface area contributed by atoms with Gasteiger partial charge in [-0.2, -0.15) is 0 Å². The van der Waals surface area contributed by atoms with Crippen molar-refractivity contribution < 1.29 is 5.11 Å². The van der Waals surface area contributed by atoms with Crippen molar-refractivity contribution >= 4 is 44.8 Å². The topological polar surface area (TPSA) is 33.1 Å². The number of rotatable bonds is 0. The first kappa shape index (κ1) is 8.10. The standard InChI is InChI=1S/C7H3Cl2NOS/c8-3-2-12-7-4(11)1-5(9)10-6(3)7/h1-2H,(H,10,11). The van der Waals surface area contributed by atoms with E-state index in [1.807, 2.05) is 0 Å². The van der Waals surface area contributed by atoms with E-state index in [9.17, 15) is 5.11 Å². The first-order valence-corrected chi connectivity index (χ1v) is 4.74. The highest BCUT2D eigenvalue weighted by Gasteiger charge is 2.08. The minimum Gasteiger partial charge on any atom is -0.506 e. The van der Waals surface area contributed by atoms with E-state index in [1.54, 1.807) is 5.38 Å². The second-order valence-electron chi connectivity index (χ2n) is 2.23. The zero-order valence-electron chi connectivity index (χ0n) is 5.71. The minimum absolute atomic E-state index is 0.127. The van der Waals surface area contributed by atoms with E-state index in [2.05, 4.69) is 4.98 Å². The number of aromatic nitrogens is 1. The Labute approximate surface area is 82.4 Å². The van der Waals surface area contributed by atoms with Crippen LogP contribution in [0, 0.1) is 0 Å². The quantitative estimate of drug-likeness (QED) is 0.691. The van der Waals surface area contributed by atoms with Crippen LogP contribution in [0.3, 0.4) is 0 Å². The van der Waals surface area contributed by atoms with E-state index in [-0.39, 0.29) is 10.9 Å². The zero-order valence-corrected chi connectivity index (χ0v) is 8.04. The maximum Gasteiger partial charge on any atom is 0.138 e. The zero-order chi connectivity index (χ0) is 8.72. The second-order valence-corrected chi connectivity index (χ2v) is 3.90. The number of hydrogen-bond donors (Lipinski definition) is 1. The van der Waals surface area contributed by atoms with E-state index < -0.39 is 0 Å². The Balaban J connectivity index is 2.92. The lowest BCUT2D eigenvalue weighted by Crippen LogP contribution is -1.75. The van der Waals surface area contributed by atoms with Gasteiger partial charge in [0, 0.05) is 11.4 Å². The van der Waals surface area contributed by atoms with Gasteiger partial charge in [0.1, 0.15) is 16.4 Å². The number of thiophene rings is 1. The molecule has 62 valence electrons. The maximum absolute atomic E-state index is 9.39. The third-order valence-electron chi connectivity index (χ3n) is 1.43. The predicted octanol–water partition coefficient (Wildman–Crippen LogP) is 3.31. The molecule has 0 aliphatic carbocycles. The normalized spacial score (nSPS) is 10.8. The summed E-state index contributed by atoms with van der Waals surface area (Å²) in [6.07, 6.45) is 0. The highest BCUT2D eigenvalue weighted by Crippen LogP contribution is 2.35. The number of fused-ring (bicyclic) bond motifs is 1. The number of halogens is 2. The first-order valence-electron chi connectivity index (χ1n) is 3.10. The van der Waals surface area contributed by atoms with E-state index in [4.69, 9.17) is 23.2 Å². The van der Waals surface area contributed by atoms with Gasteiger partial charge in [0.15, 0.2) is 0 Å². The summed E-state index contributed by atoms with van der Waals surface area (Å²) < 4.78 is 0.671. The number of aromatic hydroxyl groups is 1. The number of nitrogens with zero attached hydrogens (tertiary/aromatic N) is 1. The van der Waals surface area contributed by atoms with Gasteiger partial charge in [-0.15, -0.1) is 11.3 Å².